The van der Waals surface area contributed by atoms with E-state index in [1.165, 1.54) is 13.2 Å². The number of phenolic OH excluding ortho intramolecular Hbond substituents is 1. The Labute approximate surface area is 145 Å². The molecule has 6 nitrogen and oxygen atoms in total. The predicted octanol–water partition coefficient (Wildman–Crippen LogP) is 4.12. The van der Waals surface area contributed by atoms with Crippen LogP contribution >= 0.6 is 0 Å². The molecule has 2 aromatic carbocycles. The number of hydrogen-bond donors (Lipinski definition) is 1. The van der Waals surface area contributed by atoms with Crippen LogP contribution in [0.4, 0.5) is 0 Å². The predicted molar refractivity (Wildman–Crippen MR) is 93.9 cm³/mol. The van der Waals surface area contributed by atoms with Crippen LogP contribution in [0, 0.1) is 0 Å². The van der Waals surface area contributed by atoms with Gasteiger partial charge in [0.15, 0.2) is 11.5 Å². The number of ether oxygens (including phenoxy) is 4. The van der Waals surface area contributed by atoms with E-state index in [0.29, 0.717) is 39.7 Å². The molecule has 1 heterocycles. The van der Waals surface area contributed by atoms with Crippen LogP contribution in [-0.2, 0) is 0 Å². The molecule has 0 bridgehead atoms. The largest absolute Gasteiger partial charge is 0.507 e. The number of fused-ring (bicyclic) bond motifs is 1. The monoisotopic (exact) mass is 343 g/mol. The molecule has 0 atom stereocenters. The molecular weight excluding hydrogens is 324 g/mol. The van der Waals surface area contributed by atoms with E-state index < -0.39 is 0 Å². The Morgan fingerprint density at radius 2 is 1.48 bits per heavy atom. The van der Waals surface area contributed by atoms with Crippen molar-refractivity contribution in [1.29, 1.82) is 0 Å². The topological polar surface area (TPSA) is 68.5 Å². The van der Waals surface area contributed by atoms with Crippen LogP contribution in [0.1, 0.15) is 0 Å². The van der Waals surface area contributed by atoms with Gasteiger partial charge in [-0.25, -0.2) is 4.42 Å². The first kappa shape index (κ1) is 16.7. The lowest BCUT2D eigenvalue weighted by Gasteiger charge is -2.08. The molecule has 6 heteroatoms. The minimum atomic E-state index is 0.0512. The third-order valence-corrected chi connectivity index (χ3v) is 3.91. The van der Waals surface area contributed by atoms with E-state index in [0.717, 1.165) is 5.56 Å². The van der Waals surface area contributed by atoms with E-state index in [1.807, 2.05) is 6.07 Å². The molecule has 130 valence electrons. The van der Waals surface area contributed by atoms with Crippen molar-refractivity contribution in [2.24, 2.45) is 0 Å². The van der Waals surface area contributed by atoms with Gasteiger partial charge in [-0.05, 0) is 12.1 Å². The second-order valence-corrected chi connectivity index (χ2v) is 5.27. The molecule has 0 fully saturated rings. The smallest absolute Gasteiger partial charge is 0.402 e. The van der Waals surface area contributed by atoms with Gasteiger partial charge < -0.3 is 24.1 Å². The molecule has 3 aromatic rings. The van der Waals surface area contributed by atoms with Gasteiger partial charge in [0.1, 0.15) is 16.9 Å². The van der Waals surface area contributed by atoms with Crippen molar-refractivity contribution in [2.75, 3.05) is 28.4 Å². The van der Waals surface area contributed by atoms with E-state index in [2.05, 4.69) is 0 Å². The van der Waals surface area contributed by atoms with Crippen molar-refractivity contribution in [1.82, 2.24) is 0 Å². The molecule has 25 heavy (non-hydrogen) atoms. The molecule has 0 saturated carbocycles. The molecule has 1 N–H and O–H groups in total. The van der Waals surface area contributed by atoms with Gasteiger partial charge in [0, 0.05) is 18.2 Å². The van der Waals surface area contributed by atoms with E-state index in [1.54, 1.807) is 45.6 Å². The molecule has 0 aliphatic heterocycles. The maximum atomic E-state index is 10.2. The van der Waals surface area contributed by atoms with Crippen LogP contribution in [-0.4, -0.2) is 33.5 Å². The van der Waals surface area contributed by atoms with Gasteiger partial charge in [-0.1, -0.05) is 0 Å². The second kappa shape index (κ2) is 6.76. The third kappa shape index (κ3) is 2.98. The number of rotatable bonds is 5. The molecule has 3 rings (SSSR count). The average Bonchev–Trinajstić information content (AvgIpc) is 2.66. The van der Waals surface area contributed by atoms with Crippen molar-refractivity contribution in [3.8, 4) is 40.1 Å². The molecular formula is C19H19O6+. The lowest BCUT2D eigenvalue weighted by Crippen LogP contribution is -1.93. The standard InChI is InChI=1S/C19H18O6/c1-21-12-8-14(20)13-10-18(24-4)19(25-16(13)9-12)11-5-6-15(22-2)17(7-11)23-3/h5-10H,1-4H3/p+1. The van der Waals surface area contributed by atoms with E-state index in [-0.39, 0.29) is 5.75 Å². The average molecular weight is 343 g/mol. The van der Waals surface area contributed by atoms with E-state index in [4.69, 9.17) is 23.4 Å². The van der Waals surface area contributed by atoms with E-state index in [9.17, 15) is 5.11 Å². The van der Waals surface area contributed by atoms with Crippen LogP contribution in [0.3, 0.4) is 0 Å². The number of aromatic hydroxyl groups is 1. The Morgan fingerprint density at radius 1 is 0.760 bits per heavy atom. The molecule has 1 aromatic heterocycles. The highest BCUT2D eigenvalue weighted by atomic mass is 16.5. The number of phenols is 1. The van der Waals surface area contributed by atoms with Gasteiger partial charge in [0.2, 0.25) is 5.75 Å². The first-order chi connectivity index (χ1) is 12.1. The summed E-state index contributed by atoms with van der Waals surface area (Å²) in [5.74, 6) is 2.73. The maximum absolute atomic E-state index is 10.2. The summed E-state index contributed by atoms with van der Waals surface area (Å²) in [6, 6.07) is 10.4. The van der Waals surface area contributed by atoms with Crippen molar-refractivity contribution in [3.05, 3.63) is 36.4 Å². The van der Waals surface area contributed by atoms with Gasteiger partial charge in [-0.15, -0.1) is 0 Å². The minimum Gasteiger partial charge on any atom is -0.507 e. The van der Waals surface area contributed by atoms with Gasteiger partial charge in [0.25, 0.3) is 0 Å². The highest BCUT2D eigenvalue weighted by Crippen LogP contribution is 2.41. The van der Waals surface area contributed by atoms with Crippen LogP contribution < -0.4 is 18.9 Å². The molecule has 0 aliphatic carbocycles. The van der Waals surface area contributed by atoms with Crippen molar-refractivity contribution in [3.63, 3.8) is 0 Å². The Morgan fingerprint density at radius 3 is 2.12 bits per heavy atom. The molecule has 0 aliphatic rings. The molecule has 0 radical (unpaired) electrons. The summed E-state index contributed by atoms with van der Waals surface area (Å²) in [5, 5.41) is 10.7. The van der Waals surface area contributed by atoms with Crippen LogP contribution in [0.2, 0.25) is 0 Å². The third-order valence-electron chi connectivity index (χ3n) is 3.91. The summed E-state index contributed by atoms with van der Waals surface area (Å²) in [6.45, 7) is 0. The van der Waals surface area contributed by atoms with Gasteiger partial charge in [-0.2, -0.15) is 0 Å². The number of methoxy groups -OCH3 is 4. The van der Waals surface area contributed by atoms with E-state index >= 15 is 0 Å². The maximum Gasteiger partial charge on any atom is 0.402 e. The SMILES string of the molecule is COc1cc(O)c2cc(OC)c(-c3ccc(OC)c(OC)c3)[o+]c2c1. The van der Waals surface area contributed by atoms with Crippen LogP contribution in [0.15, 0.2) is 40.8 Å². The summed E-state index contributed by atoms with van der Waals surface area (Å²) >= 11 is 0. The fourth-order valence-electron chi connectivity index (χ4n) is 2.62. The van der Waals surface area contributed by atoms with Crippen molar-refractivity contribution in [2.45, 2.75) is 0 Å². The van der Waals surface area contributed by atoms with Crippen LogP contribution in [0.5, 0.6) is 28.7 Å². The summed E-state index contributed by atoms with van der Waals surface area (Å²) < 4.78 is 27.2. The van der Waals surface area contributed by atoms with Gasteiger partial charge >= 0.3 is 11.3 Å². The minimum absolute atomic E-state index is 0.0512. The highest BCUT2D eigenvalue weighted by Gasteiger charge is 2.26. The number of benzene rings is 2. The van der Waals surface area contributed by atoms with Crippen LogP contribution in [0.25, 0.3) is 22.3 Å². The van der Waals surface area contributed by atoms with Crippen molar-refractivity contribution < 1.29 is 28.5 Å². The normalized spacial score (nSPS) is 10.6. The Balaban J connectivity index is 2.24. The first-order valence-corrected chi connectivity index (χ1v) is 7.55. The summed E-state index contributed by atoms with van der Waals surface area (Å²) in [4.78, 5) is 0. The highest BCUT2D eigenvalue weighted by molar-refractivity contribution is 5.88. The zero-order valence-corrected chi connectivity index (χ0v) is 14.5. The molecule has 0 unspecified atom stereocenters. The first-order valence-electron chi connectivity index (χ1n) is 7.55. The Bertz CT molecular complexity index is 919. The summed E-state index contributed by atoms with van der Waals surface area (Å²) in [6.07, 6.45) is 0. The molecule has 0 saturated heterocycles. The zero-order chi connectivity index (χ0) is 18.0. The quantitative estimate of drug-likeness (QED) is 0.703. The molecule has 0 spiro atoms. The second-order valence-electron chi connectivity index (χ2n) is 5.27. The molecule has 0 amide bonds. The lowest BCUT2D eigenvalue weighted by atomic mass is 10.1. The lowest BCUT2D eigenvalue weighted by molar-refractivity contribution is 0.355. The van der Waals surface area contributed by atoms with Gasteiger partial charge in [0.05, 0.1) is 40.1 Å². The Hall–Kier alpha value is -3.15. The number of hydrogen-bond acceptors (Lipinski definition) is 5. The fourth-order valence-corrected chi connectivity index (χ4v) is 2.62. The van der Waals surface area contributed by atoms with Gasteiger partial charge in [-0.3, -0.25) is 0 Å². The summed E-state index contributed by atoms with van der Waals surface area (Å²) in [7, 11) is 6.22. The summed E-state index contributed by atoms with van der Waals surface area (Å²) in [5.41, 5.74) is 1.22. The van der Waals surface area contributed by atoms with Crippen molar-refractivity contribution >= 4 is 11.0 Å². The Kier molecular flexibility index (Phi) is 4.52. The zero-order valence-electron chi connectivity index (χ0n) is 14.5. The fraction of sp³-hybridized carbons (Fsp3) is 0.211.